The van der Waals surface area contributed by atoms with Crippen molar-refractivity contribution < 1.29 is 23.8 Å². The van der Waals surface area contributed by atoms with Crippen LogP contribution in [0.3, 0.4) is 0 Å². The van der Waals surface area contributed by atoms with Crippen LogP contribution in [0.25, 0.3) is 0 Å². The minimum Gasteiger partial charge on any atom is -0.497 e. The molecule has 1 atom stereocenters. The van der Waals surface area contributed by atoms with Gasteiger partial charge in [0.1, 0.15) is 5.75 Å². The van der Waals surface area contributed by atoms with Crippen LogP contribution in [0.2, 0.25) is 0 Å². The van der Waals surface area contributed by atoms with Crippen molar-refractivity contribution in [1.82, 2.24) is 4.90 Å². The Labute approximate surface area is 167 Å². The SMILES string of the molecule is C=C(/C=C\C(=C)N(C)C)C(CC(C(=O)OC)C(=O)OC)c1ccc(OC)cc1. The molecule has 1 aromatic carbocycles. The Morgan fingerprint density at radius 3 is 1.96 bits per heavy atom. The van der Waals surface area contributed by atoms with Crippen molar-refractivity contribution in [2.45, 2.75) is 12.3 Å². The number of methoxy groups -OCH3 is 3. The van der Waals surface area contributed by atoms with Crippen LogP contribution in [-0.2, 0) is 19.1 Å². The molecule has 0 aliphatic rings. The minimum absolute atomic E-state index is 0.170. The van der Waals surface area contributed by atoms with Crippen LogP contribution >= 0.6 is 0 Å². The Morgan fingerprint density at radius 2 is 1.54 bits per heavy atom. The summed E-state index contributed by atoms with van der Waals surface area (Å²) in [5, 5.41) is 0. The first-order valence-electron chi connectivity index (χ1n) is 8.77. The molecule has 0 spiro atoms. The van der Waals surface area contributed by atoms with Crippen LogP contribution in [0.4, 0.5) is 0 Å². The Balaban J connectivity index is 3.25. The van der Waals surface area contributed by atoms with Gasteiger partial charge in [0.25, 0.3) is 0 Å². The van der Waals surface area contributed by atoms with Crippen molar-refractivity contribution in [1.29, 1.82) is 0 Å². The second kappa shape index (κ2) is 11.0. The van der Waals surface area contributed by atoms with Gasteiger partial charge in [0.2, 0.25) is 0 Å². The number of benzene rings is 1. The number of allylic oxidation sites excluding steroid dienone is 3. The molecule has 1 rings (SSSR count). The topological polar surface area (TPSA) is 65.1 Å². The highest BCUT2D eigenvalue weighted by Gasteiger charge is 2.32. The molecule has 0 fully saturated rings. The Kier molecular flexibility index (Phi) is 9.02. The van der Waals surface area contributed by atoms with Gasteiger partial charge in [0, 0.05) is 25.7 Å². The van der Waals surface area contributed by atoms with Gasteiger partial charge in [-0.2, -0.15) is 0 Å². The standard InChI is InChI=1S/C22H29NO5/c1-15(8-9-16(2)23(3)4)19(17-10-12-18(26-5)13-11-17)14-20(21(24)27-6)22(25)28-7/h8-13,19-20H,1-2,14H2,3-7H3/b9-8-. The molecule has 28 heavy (non-hydrogen) atoms. The summed E-state index contributed by atoms with van der Waals surface area (Å²) in [6, 6.07) is 7.41. The average molecular weight is 387 g/mol. The Bertz CT molecular complexity index is 718. The Morgan fingerprint density at radius 1 is 1.00 bits per heavy atom. The molecular weight excluding hydrogens is 358 g/mol. The monoisotopic (exact) mass is 387 g/mol. The van der Waals surface area contributed by atoms with Crippen molar-refractivity contribution in [3.63, 3.8) is 0 Å². The first kappa shape index (κ1) is 23.0. The minimum atomic E-state index is -1.05. The smallest absolute Gasteiger partial charge is 0.320 e. The number of esters is 2. The van der Waals surface area contributed by atoms with E-state index < -0.39 is 17.9 Å². The summed E-state index contributed by atoms with van der Waals surface area (Å²) in [6.45, 7) is 8.10. The molecule has 1 aromatic rings. The molecule has 6 heteroatoms. The molecule has 0 aliphatic heterocycles. The fourth-order valence-electron chi connectivity index (χ4n) is 2.62. The van der Waals surface area contributed by atoms with E-state index in [0.717, 1.165) is 16.8 Å². The van der Waals surface area contributed by atoms with Crippen LogP contribution in [0.15, 0.2) is 60.8 Å². The molecule has 0 heterocycles. The van der Waals surface area contributed by atoms with Crippen molar-refractivity contribution in [3.05, 3.63) is 66.4 Å². The normalized spacial score (nSPS) is 11.8. The lowest BCUT2D eigenvalue weighted by molar-refractivity contribution is -0.159. The van der Waals surface area contributed by atoms with Crippen LogP contribution in [0.1, 0.15) is 17.9 Å². The van der Waals surface area contributed by atoms with Gasteiger partial charge < -0.3 is 19.1 Å². The second-order valence-corrected chi connectivity index (χ2v) is 6.45. The molecule has 0 radical (unpaired) electrons. The van der Waals surface area contributed by atoms with Crippen molar-refractivity contribution in [2.24, 2.45) is 5.92 Å². The fraction of sp³-hybridized carbons (Fsp3) is 0.364. The molecule has 0 aromatic heterocycles. The maximum atomic E-state index is 12.1. The molecule has 0 N–H and O–H groups in total. The quantitative estimate of drug-likeness (QED) is 0.349. The van der Waals surface area contributed by atoms with E-state index in [9.17, 15) is 9.59 Å². The summed E-state index contributed by atoms with van der Waals surface area (Å²) in [5.41, 5.74) is 2.42. The van der Waals surface area contributed by atoms with E-state index in [2.05, 4.69) is 13.2 Å². The van der Waals surface area contributed by atoms with Gasteiger partial charge >= 0.3 is 11.9 Å². The third kappa shape index (κ3) is 6.30. The van der Waals surface area contributed by atoms with Gasteiger partial charge in [-0.3, -0.25) is 9.59 Å². The lowest BCUT2D eigenvalue weighted by atomic mass is 9.83. The largest absolute Gasteiger partial charge is 0.497 e. The van der Waals surface area contributed by atoms with E-state index in [1.54, 1.807) is 7.11 Å². The fourth-order valence-corrected chi connectivity index (χ4v) is 2.62. The van der Waals surface area contributed by atoms with Crippen LogP contribution < -0.4 is 4.74 Å². The number of rotatable bonds is 10. The average Bonchev–Trinajstić information content (AvgIpc) is 2.71. The second-order valence-electron chi connectivity index (χ2n) is 6.45. The predicted octanol–water partition coefficient (Wildman–Crippen LogP) is 3.32. The zero-order chi connectivity index (χ0) is 21.3. The van der Waals surface area contributed by atoms with Gasteiger partial charge in [-0.05, 0) is 35.8 Å². The van der Waals surface area contributed by atoms with Gasteiger partial charge in [-0.25, -0.2) is 0 Å². The molecule has 0 bridgehead atoms. The number of carbonyl (C=O) groups excluding carboxylic acids is 2. The van der Waals surface area contributed by atoms with E-state index in [-0.39, 0.29) is 12.3 Å². The lowest BCUT2D eigenvalue weighted by Crippen LogP contribution is -2.28. The summed E-state index contributed by atoms with van der Waals surface area (Å²) in [7, 11) is 7.86. The molecule has 0 aliphatic carbocycles. The summed E-state index contributed by atoms with van der Waals surface area (Å²) < 4.78 is 14.8. The van der Waals surface area contributed by atoms with Crippen LogP contribution in [0, 0.1) is 5.92 Å². The molecule has 1 unspecified atom stereocenters. The van der Waals surface area contributed by atoms with Gasteiger partial charge in [0.15, 0.2) is 5.92 Å². The molecule has 6 nitrogen and oxygen atoms in total. The highest BCUT2D eigenvalue weighted by Crippen LogP contribution is 2.33. The van der Waals surface area contributed by atoms with E-state index in [4.69, 9.17) is 14.2 Å². The van der Waals surface area contributed by atoms with Crippen molar-refractivity contribution in [2.75, 3.05) is 35.4 Å². The number of hydrogen-bond donors (Lipinski definition) is 0. The van der Waals surface area contributed by atoms with E-state index in [1.807, 2.05) is 55.4 Å². The summed E-state index contributed by atoms with van der Waals surface area (Å²) in [6.07, 6.45) is 3.84. The molecule has 0 saturated carbocycles. The van der Waals surface area contributed by atoms with Crippen molar-refractivity contribution in [3.8, 4) is 5.75 Å². The zero-order valence-corrected chi connectivity index (χ0v) is 17.2. The third-order valence-electron chi connectivity index (χ3n) is 4.47. The molecule has 0 saturated heterocycles. The predicted molar refractivity (Wildman–Crippen MR) is 109 cm³/mol. The number of ether oxygens (including phenoxy) is 3. The lowest BCUT2D eigenvalue weighted by Gasteiger charge is -2.22. The highest BCUT2D eigenvalue weighted by molar-refractivity contribution is 5.94. The Hall–Kier alpha value is -3.02. The zero-order valence-electron chi connectivity index (χ0n) is 17.2. The summed E-state index contributed by atoms with van der Waals surface area (Å²) in [4.78, 5) is 26.2. The van der Waals surface area contributed by atoms with Gasteiger partial charge in [-0.1, -0.05) is 31.4 Å². The summed E-state index contributed by atoms with van der Waals surface area (Å²) in [5.74, 6) is -1.92. The van der Waals surface area contributed by atoms with E-state index in [1.165, 1.54) is 14.2 Å². The molecular formula is C22H29NO5. The van der Waals surface area contributed by atoms with Gasteiger partial charge in [0.05, 0.1) is 21.3 Å². The number of likely N-dealkylation sites (N-methyl/N-ethyl adjacent to an activating group) is 1. The van der Waals surface area contributed by atoms with E-state index in [0.29, 0.717) is 5.75 Å². The molecule has 0 amide bonds. The number of hydrogen-bond acceptors (Lipinski definition) is 6. The maximum Gasteiger partial charge on any atom is 0.320 e. The summed E-state index contributed by atoms with van der Waals surface area (Å²) >= 11 is 0. The highest BCUT2D eigenvalue weighted by atomic mass is 16.5. The van der Waals surface area contributed by atoms with Crippen LogP contribution in [-0.4, -0.2) is 52.3 Å². The maximum absolute atomic E-state index is 12.1. The first-order chi connectivity index (χ1) is 13.2. The van der Waals surface area contributed by atoms with Crippen molar-refractivity contribution >= 4 is 11.9 Å². The number of nitrogens with zero attached hydrogens (tertiary/aromatic N) is 1. The number of carbonyl (C=O) groups is 2. The van der Waals surface area contributed by atoms with Gasteiger partial charge in [-0.15, -0.1) is 0 Å². The molecule has 152 valence electrons. The first-order valence-corrected chi connectivity index (χ1v) is 8.77. The third-order valence-corrected chi connectivity index (χ3v) is 4.47. The van der Waals surface area contributed by atoms with Crippen LogP contribution in [0.5, 0.6) is 5.75 Å². The van der Waals surface area contributed by atoms with E-state index >= 15 is 0 Å².